The minimum Gasteiger partial charge on any atom is -0.339 e. The van der Waals surface area contributed by atoms with E-state index in [-0.39, 0.29) is 0 Å². The number of hydrogen-bond acceptors (Lipinski definition) is 4. The van der Waals surface area contributed by atoms with Crippen LogP contribution in [-0.2, 0) is 19.3 Å². The van der Waals surface area contributed by atoms with Crippen LogP contribution in [0.25, 0.3) is 0 Å². The monoisotopic (exact) mass is 269 g/mol. The molecule has 0 bridgehead atoms. The minimum absolute atomic E-state index is 0.546. The van der Waals surface area contributed by atoms with Gasteiger partial charge in [-0.2, -0.15) is 4.98 Å². The number of aryl methyl sites for hydroxylation is 1. The first-order valence-electron chi connectivity index (χ1n) is 7.48. The van der Waals surface area contributed by atoms with Gasteiger partial charge in [-0.1, -0.05) is 29.4 Å². The molecule has 1 fully saturated rings. The molecule has 1 unspecified atom stereocenters. The van der Waals surface area contributed by atoms with E-state index in [2.05, 4.69) is 39.7 Å². The van der Waals surface area contributed by atoms with Crippen LogP contribution in [0.4, 0.5) is 0 Å². The molecule has 1 saturated heterocycles. The Kier molecular flexibility index (Phi) is 3.03. The minimum atomic E-state index is 0.546. The van der Waals surface area contributed by atoms with E-state index >= 15 is 0 Å². The molecule has 1 aromatic carbocycles. The maximum Gasteiger partial charge on any atom is 0.227 e. The van der Waals surface area contributed by atoms with E-state index in [4.69, 9.17) is 4.52 Å². The lowest BCUT2D eigenvalue weighted by Crippen LogP contribution is -2.43. The maximum absolute atomic E-state index is 5.43. The molecule has 1 aromatic heterocycles. The van der Waals surface area contributed by atoms with Crippen molar-refractivity contribution in [2.45, 2.75) is 31.6 Å². The largest absolute Gasteiger partial charge is 0.339 e. The summed E-state index contributed by atoms with van der Waals surface area (Å²) >= 11 is 0. The van der Waals surface area contributed by atoms with Crippen LogP contribution in [0.3, 0.4) is 0 Å². The number of benzene rings is 1. The molecule has 20 heavy (non-hydrogen) atoms. The van der Waals surface area contributed by atoms with Gasteiger partial charge < -0.3 is 9.84 Å². The highest BCUT2D eigenvalue weighted by atomic mass is 16.5. The molecule has 1 aliphatic carbocycles. The molecule has 1 N–H and O–H groups in total. The molecule has 4 nitrogen and oxygen atoms in total. The standard InChI is InChI=1S/C16H19N3O/c1-2-4-14-12(3-1)5-6-13(14)8-16-18-15(19-20-16)7-11-9-17-10-11/h1-4,11,13,17H,5-10H2. The Labute approximate surface area is 118 Å². The van der Waals surface area contributed by atoms with Gasteiger partial charge in [0.05, 0.1) is 0 Å². The van der Waals surface area contributed by atoms with E-state index in [0.717, 1.165) is 37.6 Å². The Hall–Kier alpha value is -1.68. The van der Waals surface area contributed by atoms with E-state index < -0.39 is 0 Å². The van der Waals surface area contributed by atoms with Gasteiger partial charge >= 0.3 is 0 Å². The van der Waals surface area contributed by atoms with Crippen LogP contribution < -0.4 is 5.32 Å². The number of fused-ring (bicyclic) bond motifs is 1. The van der Waals surface area contributed by atoms with Crippen LogP contribution in [-0.4, -0.2) is 23.2 Å². The van der Waals surface area contributed by atoms with Crippen LogP contribution in [0.5, 0.6) is 0 Å². The van der Waals surface area contributed by atoms with Gasteiger partial charge in [0.2, 0.25) is 5.89 Å². The topological polar surface area (TPSA) is 51.0 Å². The van der Waals surface area contributed by atoms with Crippen molar-refractivity contribution in [2.75, 3.05) is 13.1 Å². The van der Waals surface area contributed by atoms with E-state index in [1.165, 1.54) is 24.0 Å². The van der Waals surface area contributed by atoms with Crippen molar-refractivity contribution in [1.29, 1.82) is 0 Å². The van der Waals surface area contributed by atoms with Crippen molar-refractivity contribution in [2.24, 2.45) is 5.92 Å². The Morgan fingerprint density at radius 1 is 1.20 bits per heavy atom. The fraction of sp³-hybridized carbons (Fsp3) is 0.500. The predicted molar refractivity (Wildman–Crippen MR) is 75.6 cm³/mol. The van der Waals surface area contributed by atoms with Crippen molar-refractivity contribution in [3.05, 3.63) is 47.1 Å². The lowest BCUT2D eigenvalue weighted by atomic mass is 9.98. The summed E-state index contributed by atoms with van der Waals surface area (Å²) in [5.74, 6) is 2.91. The third kappa shape index (κ3) is 2.24. The fourth-order valence-electron chi connectivity index (χ4n) is 3.28. The average Bonchev–Trinajstić information content (AvgIpc) is 3.03. The zero-order chi connectivity index (χ0) is 13.4. The first-order valence-corrected chi connectivity index (χ1v) is 7.48. The van der Waals surface area contributed by atoms with Crippen LogP contribution in [0.1, 0.15) is 35.2 Å². The normalized spacial score (nSPS) is 21.7. The summed E-state index contributed by atoms with van der Waals surface area (Å²) < 4.78 is 5.43. The summed E-state index contributed by atoms with van der Waals surface area (Å²) in [5.41, 5.74) is 2.95. The van der Waals surface area contributed by atoms with Crippen LogP contribution in [0.15, 0.2) is 28.8 Å². The van der Waals surface area contributed by atoms with Gasteiger partial charge in [0, 0.05) is 12.8 Å². The van der Waals surface area contributed by atoms with Gasteiger partial charge in [0.1, 0.15) is 0 Å². The van der Waals surface area contributed by atoms with Gasteiger partial charge in [0.15, 0.2) is 5.82 Å². The molecule has 2 aromatic rings. The molecule has 1 atom stereocenters. The summed E-state index contributed by atoms with van der Waals surface area (Å²) in [6, 6.07) is 8.72. The van der Waals surface area contributed by atoms with E-state index in [1.807, 2.05) is 0 Å². The molecule has 0 spiro atoms. The Morgan fingerprint density at radius 2 is 2.10 bits per heavy atom. The lowest BCUT2D eigenvalue weighted by molar-refractivity contribution is 0.327. The molecular weight excluding hydrogens is 250 g/mol. The molecular formula is C16H19N3O. The van der Waals surface area contributed by atoms with Crippen LogP contribution in [0.2, 0.25) is 0 Å². The molecule has 2 heterocycles. The number of hydrogen-bond donors (Lipinski definition) is 1. The smallest absolute Gasteiger partial charge is 0.227 e. The molecule has 1 aliphatic heterocycles. The zero-order valence-electron chi connectivity index (χ0n) is 11.5. The second kappa shape index (κ2) is 5.02. The second-order valence-electron chi connectivity index (χ2n) is 5.97. The van der Waals surface area contributed by atoms with Crippen LogP contribution >= 0.6 is 0 Å². The van der Waals surface area contributed by atoms with Crippen molar-refractivity contribution in [3.8, 4) is 0 Å². The molecule has 4 rings (SSSR count). The van der Waals surface area contributed by atoms with Crippen molar-refractivity contribution in [1.82, 2.24) is 15.5 Å². The highest BCUT2D eigenvalue weighted by Gasteiger charge is 2.25. The molecule has 0 amide bonds. The first-order chi connectivity index (χ1) is 9.88. The van der Waals surface area contributed by atoms with Gasteiger partial charge in [0.25, 0.3) is 0 Å². The highest BCUT2D eigenvalue weighted by molar-refractivity contribution is 5.35. The summed E-state index contributed by atoms with van der Waals surface area (Å²) in [5, 5.41) is 7.39. The van der Waals surface area contributed by atoms with E-state index in [1.54, 1.807) is 0 Å². The average molecular weight is 269 g/mol. The summed E-state index contributed by atoms with van der Waals surface area (Å²) in [4.78, 5) is 4.56. The molecule has 4 heteroatoms. The van der Waals surface area contributed by atoms with Crippen molar-refractivity contribution >= 4 is 0 Å². The molecule has 2 aliphatic rings. The van der Waals surface area contributed by atoms with Gasteiger partial charge in [-0.25, -0.2) is 0 Å². The fourth-order valence-corrected chi connectivity index (χ4v) is 3.28. The quantitative estimate of drug-likeness (QED) is 0.923. The van der Waals surface area contributed by atoms with Gasteiger partial charge in [-0.3, -0.25) is 0 Å². The molecule has 104 valence electrons. The zero-order valence-corrected chi connectivity index (χ0v) is 11.5. The maximum atomic E-state index is 5.43. The number of aromatic nitrogens is 2. The Morgan fingerprint density at radius 3 is 2.95 bits per heavy atom. The highest BCUT2D eigenvalue weighted by Crippen LogP contribution is 2.34. The van der Waals surface area contributed by atoms with E-state index in [9.17, 15) is 0 Å². The first kappa shape index (κ1) is 12.1. The van der Waals surface area contributed by atoms with Crippen molar-refractivity contribution in [3.63, 3.8) is 0 Å². The number of nitrogens with zero attached hydrogens (tertiary/aromatic N) is 2. The number of nitrogens with one attached hydrogen (secondary N) is 1. The SMILES string of the molecule is c1ccc2c(c1)CCC2Cc1nc(CC2CNC2)no1. The molecule has 0 saturated carbocycles. The van der Waals surface area contributed by atoms with Crippen molar-refractivity contribution < 1.29 is 4.52 Å². The summed E-state index contributed by atoms with van der Waals surface area (Å²) in [6.07, 6.45) is 4.20. The second-order valence-corrected chi connectivity index (χ2v) is 5.97. The third-order valence-electron chi connectivity index (χ3n) is 4.53. The lowest BCUT2D eigenvalue weighted by Gasteiger charge is -2.25. The Balaban J connectivity index is 1.44. The Bertz CT molecular complexity index is 603. The summed E-state index contributed by atoms with van der Waals surface area (Å²) in [7, 11) is 0. The third-order valence-corrected chi connectivity index (χ3v) is 4.53. The number of rotatable bonds is 4. The van der Waals surface area contributed by atoms with Gasteiger partial charge in [-0.05, 0) is 48.9 Å². The van der Waals surface area contributed by atoms with Gasteiger partial charge in [-0.15, -0.1) is 0 Å². The predicted octanol–water partition coefficient (Wildman–Crippen LogP) is 2.10. The van der Waals surface area contributed by atoms with Crippen LogP contribution in [0, 0.1) is 5.92 Å². The van der Waals surface area contributed by atoms with E-state index in [0.29, 0.717) is 11.8 Å². The molecule has 0 radical (unpaired) electrons. The summed E-state index contributed by atoms with van der Waals surface area (Å²) in [6.45, 7) is 2.17.